The van der Waals surface area contributed by atoms with Gasteiger partial charge in [0.25, 0.3) is 5.91 Å². The minimum absolute atomic E-state index is 0.0427. The van der Waals surface area contributed by atoms with Crippen molar-refractivity contribution in [3.8, 4) is 0 Å². The fourth-order valence-corrected chi connectivity index (χ4v) is 5.78. The molecule has 9 nitrogen and oxygen atoms in total. The Hall–Kier alpha value is -3.63. The predicted octanol–water partition coefficient (Wildman–Crippen LogP) is 4.06. The third-order valence-electron chi connectivity index (χ3n) is 7.51. The molecule has 216 valence electrons. The standard InChI is InChI=1S/C31H38N6O3S/c1-3-26-22-29(36-16-14-34(15-17-36)13-7-10-25-8-5-4-6-9-25)33-31(32-26)41-23-27-11-12-28(40-27)30(39)37-20-18-35(19-21-37)24(2)38/h4-12,22H,3,13-21,23H2,1-2H3/b10-7+. The number of benzene rings is 1. The molecule has 2 aliphatic heterocycles. The smallest absolute Gasteiger partial charge is 0.289 e. The molecule has 2 saturated heterocycles. The lowest BCUT2D eigenvalue weighted by Gasteiger charge is -2.35. The van der Waals surface area contributed by atoms with Crippen LogP contribution in [0.5, 0.6) is 0 Å². The summed E-state index contributed by atoms with van der Waals surface area (Å²) >= 11 is 1.52. The van der Waals surface area contributed by atoms with Crippen LogP contribution in [0.1, 0.15) is 41.4 Å². The number of amides is 2. The first-order chi connectivity index (χ1) is 20.0. The number of carbonyl (C=O) groups is 2. The van der Waals surface area contributed by atoms with Gasteiger partial charge in [-0.15, -0.1) is 0 Å². The Kier molecular flexibility index (Phi) is 9.74. The number of hydrogen-bond acceptors (Lipinski definition) is 8. The fraction of sp³-hybridized carbons (Fsp3) is 0.419. The van der Waals surface area contributed by atoms with E-state index in [1.54, 1.807) is 22.8 Å². The molecule has 0 atom stereocenters. The van der Waals surface area contributed by atoms with Crippen LogP contribution in [0.4, 0.5) is 5.82 Å². The second kappa shape index (κ2) is 13.8. The van der Waals surface area contributed by atoms with Crippen LogP contribution in [0.2, 0.25) is 0 Å². The molecule has 41 heavy (non-hydrogen) atoms. The van der Waals surface area contributed by atoms with Crippen molar-refractivity contribution in [3.63, 3.8) is 0 Å². The molecular weight excluding hydrogens is 536 g/mol. The minimum Gasteiger partial charge on any atom is -0.455 e. The normalized spacial score (nSPS) is 16.5. The van der Waals surface area contributed by atoms with Crippen molar-refractivity contribution in [2.75, 3.05) is 63.8 Å². The number of nitrogens with zero attached hydrogens (tertiary/aromatic N) is 6. The monoisotopic (exact) mass is 574 g/mol. The summed E-state index contributed by atoms with van der Waals surface area (Å²) < 4.78 is 5.90. The van der Waals surface area contributed by atoms with Crippen LogP contribution in [0.25, 0.3) is 6.08 Å². The average molecular weight is 575 g/mol. The van der Waals surface area contributed by atoms with E-state index < -0.39 is 0 Å². The summed E-state index contributed by atoms with van der Waals surface area (Å²) in [5, 5.41) is 0.720. The molecule has 0 radical (unpaired) electrons. The number of furan rings is 1. The van der Waals surface area contributed by atoms with Crippen LogP contribution in [-0.4, -0.2) is 95.4 Å². The van der Waals surface area contributed by atoms with Gasteiger partial charge in [-0.25, -0.2) is 9.97 Å². The maximum atomic E-state index is 12.9. The van der Waals surface area contributed by atoms with E-state index in [0.29, 0.717) is 43.5 Å². The van der Waals surface area contributed by atoms with Gasteiger partial charge >= 0.3 is 0 Å². The molecule has 10 heteroatoms. The Balaban J connectivity index is 1.13. The highest BCUT2D eigenvalue weighted by Crippen LogP contribution is 2.25. The highest BCUT2D eigenvalue weighted by atomic mass is 32.2. The van der Waals surface area contributed by atoms with Gasteiger partial charge in [-0.3, -0.25) is 14.5 Å². The summed E-state index contributed by atoms with van der Waals surface area (Å²) in [4.78, 5) is 42.4. The number of thioether (sulfide) groups is 1. The van der Waals surface area contributed by atoms with E-state index in [1.807, 2.05) is 12.1 Å². The third-order valence-corrected chi connectivity index (χ3v) is 8.37. The van der Waals surface area contributed by atoms with Gasteiger partial charge in [-0.2, -0.15) is 0 Å². The van der Waals surface area contributed by atoms with Crippen LogP contribution in [0, 0.1) is 0 Å². The molecule has 5 rings (SSSR count). The predicted molar refractivity (Wildman–Crippen MR) is 162 cm³/mol. The van der Waals surface area contributed by atoms with Crippen molar-refractivity contribution >= 4 is 35.5 Å². The van der Waals surface area contributed by atoms with E-state index in [4.69, 9.17) is 14.4 Å². The van der Waals surface area contributed by atoms with Gasteiger partial charge in [0.05, 0.1) is 5.75 Å². The molecule has 0 unspecified atom stereocenters. The summed E-state index contributed by atoms with van der Waals surface area (Å²) in [5.74, 6) is 2.47. The lowest BCUT2D eigenvalue weighted by Crippen LogP contribution is -2.50. The summed E-state index contributed by atoms with van der Waals surface area (Å²) in [6.07, 6.45) is 5.26. The molecule has 2 aromatic heterocycles. The number of aryl methyl sites for hydroxylation is 1. The summed E-state index contributed by atoms with van der Waals surface area (Å²) in [7, 11) is 0. The number of carbonyl (C=O) groups excluding carboxylic acids is 2. The molecule has 1 aromatic carbocycles. The van der Waals surface area contributed by atoms with Crippen LogP contribution < -0.4 is 4.90 Å². The van der Waals surface area contributed by atoms with E-state index >= 15 is 0 Å². The molecule has 0 N–H and O–H groups in total. The lowest BCUT2D eigenvalue weighted by atomic mass is 10.2. The maximum absolute atomic E-state index is 12.9. The Morgan fingerprint density at radius 3 is 2.37 bits per heavy atom. The Morgan fingerprint density at radius 2 is 1.66 bits per heavy atom. The van der Waals surface area contributed by atoms with Gasteiger partial charge in [0, 0.05) is 77.6 Å². The Bertz CT molecular complexity index is 1340. The van der Waals surface area contributed by atoms with Crippen LogP contribution in [0.3, 0.4) is 0 Å². The van der Waals surface area contributed by atoms with Gasteiger partial charge in [0.15, 0.2) is 10.9 Å². The molecule has 0 aliphatic carbocycles. The minimum atomic E-state index is -0.134. The van der Waals surface area contributed by atoms with E-state index in [-0.39, 0.29) is 11.8 Å². The second-order valence-corrected chi connectivity index (χ2v) is 11.2. The molecule has 2 amide bonds. The second-order valence-electron chi connectivity index (χ2n) is 10.3. The van der Waals surface area contributed by atoms with Gasteiger partial charge in [0.1, 0.15) is 11.6 Å². The lowest BCUT2D eigenvalue weighted by molar-refractivity contribution is -0.130. The zero-order valence-electron chi connectivity index (χ0n) is 23.9. The zero-order valence-corrected chi connectivity index (χ0v) is 24.7. The fourth-order valence-electron chi connectivity index (χ4n) is 5.02. The van der Waals surface area contributed by atoms with Gasteiger partial charge in [-0.1, -0.05) is 61.2 Å². The summed E-state index contributed by atoms with van der Waals surface area (Å²) in [5.41, 5.74) is 2.25. The molecular formula is C31H38N6O3S. The van der Waals surface area contributed by atoms with E-state index in [0.717, 1.165) is 55.8 Å². The van der Waals surface area contributed by atoms with Gasteiger partial charge in [0.2, 0.25) is 5.91 Å². The molecule has 4 heterocycles. The molecule has 0 saturated carbocycles. The Morgan fingerprint density at radius 1 is 0.927 bits per heavy atom. The molecule has 2 fully saturated rings. The van der Waals surface area contributed by atoms with E-state index in [1.165, 1.54) is 17.3 Å². The van der Waals surface area contributed by atoms with Crippen molar-refractivity contribution in [1.82, 2.24) is 24.7 Å². The SMILES string of the molecule is CCc1cc(N2CCN(C/C=C/c3ccccc3)CC2)nc(SCc2ccc(C(=O)N3CCN(C(C)=O)CC3)o2)n1. The van der Waals surface area contributed by atoms with Gasteiger partial charge in [-0.05, 0) is 24.1 Å². The largest absolute Gasteiger partial charge is 0.455 e. The van der Waals surface area contributed by atoms with Crippen molar-refractivity contribution in [3.05, 3.63) is 77.4 Å². The van der Waals surface area contributed by atoms with Gasteiger partial charge < -0.3 is 19.1 Å². The molecule has 2 aliphatic rings. The highest BCUT2D eigenvalue weighted by Gasteiger charge is 2.25. The molecule has 0 spiro atoms. The topological polar surface area (TPSA) is 86.0 Å². The van der Waals surface area contributed by atoms with Crippen LogP contribution in [-0.2, 0) is 17.0 Å². The first kappa shape index (κ1) is 28.9. The number of anilines is 1. The van der Waals surface area contributed by atoms with Crippen LogP contribution in [0.15, 0.2) is 64.2 Å². The Labute approximate surface area is 246 Å². The molecule has 3 aromatic rings. The zero-order chi connectivity index (χ0) is 28.6. The number of rotatable bonds is 9. The first-order valence-electron chi connectivity index (χ1n) is 14.3. The highest BCUT2D eigenvalue weighted by molar-refractivity contribution is 7.98. The van der Waals surface area contributed by atoms with Crippen molar-refractivity contribution < 1.29 is 14.0 Å². The van der Waals surface area contributed by atoms with Crippen LogP contribution >= 0.6 is 11.8 Å². The average Bonchev–Trinajstić information content (AvgIpc) is 3.49. The number of hydrogen-bond donors (Lipinski definition) is 0. The van der Waals surface area contributed by atoms with Crippen molar-refractivity contribution in [1.29, 1.82) is 0 Å². The van der Waals surface area contributed by atoms with Crippen molar-refractivity contribution in [2.45, 2.75) is 31.2 Å². The van der Waals surface area contributed by atoms with E-state index in [9.17, 15) is 9.59 Å². The maximum Gasteiger partial charge on any atom is 0.289 e. The molecule has 0 bridgehead atoms. The van der Waals surface area contributed by atoms with E-state index in [2.05, 4.69) is 59.2 Å². The van der Waals surface area contributed by atoms with Crippen molar-refractivity contribution in [2.24, 2.45) is 0 Å². The summed E-state index contributed by atoms with van der Waals surface area (Å²) in [6, 6.07) is 16.1. The number of piperazine rings is 2. The third kappa shape index (κ3) is 7.77. The first-order valence-corrected chi connectivity index (χ1v) is 15.3. The number of aromatic nitrogens is 2. The quantitative estimate of drug-likeness (QED) is 0.279. The summed E-state index contributed by atoms with van der Waals surface area (Å²) in [6.45, 7) is 10.6.